The molecule has 0 aromatic heterocycles. The molecule has 0 saturated heterocycles. The molecule has 3 nitrogen and oxygen atoms in total. The second-order valence-corrected chi connectivity index (χ2v) is 3.88. The maximum Gasteiger partial charge on any atom is 0.0604 e. The lowest BCUT2D eigenvalue weighted by atomic mass is 9.90. The lowest BCUT2D eigenvalue weighted by Crippen LogP contribution is -2.41. The summed E-state index contributed by atoms with van der Waals surface area (Å²) in [5.41, 5.74) is 5.63. The summed E-state index contributed by atoms with van der Waals surface area (Å²) < 4.78 is 5.59. The lowest BCUT2D eigenvalue weighted by molar-refractivity contribution is -0.0107. The molecule has 12 heavy (non-hydrogen) atoms. The Balaban J connectivity index is 1.83. The Bertz CT molecular complexity index is 122. The van der Waals surface area contributed by atoms with Crippen LogP contribution in [0.15, 0.2) is 0 Å². The smallest absolute Gasteiger partial charge is 0.0604 e. The maximum atomic E-state index is 5.63. The molecule has 0 aromatic carbocycles. The van der Waals surface area contributed by atoms with Gasteiger partial charge in [-0.15, -0.1) is 0 Å². The molecule has 0 aliphatic heterocycles. The minimum absolute atomic E-state index is 0.406. The highest BCUT2D eigenvalue weighted by Crippen LogP contribution is 2.20. The first kappa shape index (κ1) is 9.96. The molecular weight excluding hydrogens is 152 g/mol. The zero-order valence-corrected chi connectivity index (χ0v) is 8.12. The van der Waals surface area contributed by atoms with Gasteiger partial charge in [0.05, 0.1) is 6.10 Å². The molecule has 0 bridgehead atoms. The molecule has 1 rings (SSSR count). The van der Waals surface area contributed by atoms with Crippen LogP contribution in [0.2, 0.25) is 0 Å². The SMILES string of the molecule is CN(C)CCCOC1CC(N)C1. The first-order chi connectivity index (χ1) is 5.68. The molecule has 2 N–H and O–H groups in total. The van der Waals surface area contributed by atoms with Crippen LogP contribution in [0.3, 0.4) is 0 Å². The quantitative estimate of drug-likeness (QED) is 0.612. The highest BCUT2D eigenvalue weighted by molar-refractivity contribution is 4.82. The van der Waals surface area contributed by atoms with Crippen LogP contribution >= 0.6 is 0 Å². The molecule has 0 radical (unpaired) electrons. The van der Waals surface area contributed by atoms with Crippen molar-refractivity contribution in [2.75, 3.05) is 27.2 Å². The molecule has 0 unspecified atom stereocenters. The molecule has 0 heterocycles. The van der Waals surface area contributed by atoms with Gasteiger partial charge in [-0.3, -0.25) is 0 Å². The predicted molar refractivity (Wildman–Crippen MR) is 50.1 cm³/mol. The molecule has 0 aromatic rings. The van der Waals surface area contributed by atoms with Crippen LogP contribution in [-0.4, -0.2) is 44.3 Å². The Labute approximate surface area is 74.9 Å². The van der Waals surface area contributed by atoms with E-state index in [1.807, 2.05) is 0 Å². The monoisotopic (exact) mass is 172 g/mol. The minimum Gasteiger partial charge on any atom is -0.378 e. The van der Waals surface area contributed by atoms with Crippen LogP contribution in [0.4, 0.5) is 0 Å². The molecule has 1 fully saturated rings. The van der Waals surface area contributed by atoms with Gasteiger partial charge in [0.15, 0.2) is 0 Å². The van der Waals surface area contributed by atoms with E-state index in [2.05, 4.69) is 19.0 Å². The first-order valence-corrected chi connectivity index (χ1v) is 4.70. The van der Waals surface area contributed by atoms with Crippen LogP contribution in [0.1, 0.15) is 19.3 Å². The Morgan fingerprint density at radius 1 is 1.42 bits per heavy atom. The third-order valence-corrected chi connectivity index (χ3v) is 2.23. The van der Waals surface area contributed by atoms with Gasteiger partial charge in [-0.05, 0) is 39.9 Å². The minimum atomic E-state index is 0.406. The summed E-state index contributed by atoms with van der Waals surface area (Å²) in [5.74, 6) is 0. The van der Waals surface area contributed by atoms with Crippen molar-refractivity contribution in [3.63, 3.8) is 0 Å². The van der Waals surface area contributed by atoms with E-state index in [4.69, 9.17) is 10.5 Å². The summed E-state index contributed by atoms with van der Waals surface area (Å²) >= 11 is 0. The Kier molecular flexibility index (Phi) is 3.98. The van der Waals surface area contributed by atoms with E-state index in [-0.39, 0.29) is 0 Å². The van der Waals surface area contributed by atoms with Crippen LogP contribution < -0.4 is 5.73 Å². The van der Waals surface area contributed by atoms with Gasteiger partial charge in [0, 0.05) is 12.6 Å². The molecule has 0 spiro atoms. The molecule has 1 aliphatic carbocycles. The van der Waals surface area contributed by atoms with E-state index in [0.717, 1.165) is 32.4 Å². The largest absolute Gasteiger partial charge is 0.378 e. The molecule has 1 aliphatic rings. The number of rotatable bonds is 5. The average molecular weight is 172 g/mol. The number of hydrogen-bond donors (Lipinski definition) is 1. The van der Waals surface area contributed by atoms with Crippen molar-refractivity contribution in [2.45, 2.75) is 31.4 Å². The summed E-state index contributed by atoms with van der Waals surface area (Å²) in [4.78, 5) is 2.18. The van der Waals surface area contributed by atoms with Crippen molar-refractivity contribution in [1.29, 1.82) is 0 Å². The number of hydrogen-bond acceptors (Lipinski definition) is 3. The fraction of sp³-hybridized carbons (Fsp3) is 1.00. The summed E-state index contributed by atoms with van der Waals surface area (Å²) in [6.45, 7) is 1.99. The first-order valence-electron chi connectivity index (χ1n) is 4.70. The summed E-state index contributed by atoms with van der Waals surface area (Å²) in [5, 5.41) is 0. The van der Waals surface area contributed by atoms with Gasteiger partial charge in [0.2, 0.25) is 0 Å². The van der Waals surface area contributed by atoms with Gasteiger partial charge in [-0.1, -0.05) is 0 Å². The summed E-state index contributed by atoms with van der Waals surface area (Å²) in [6.07, 6.45) is 3.70. The van der Waals surface area contributed by atoms with E-state index < -0.39 is 0 Å². The van der Waals surface area contributed by atoms with E-state index >= 15 is 0 Å². The van der Waals surface area contributed by atoms with Crippen molar-refractivity contribution in [3.05, 3.63) is 0 Å². The zero-order chi connectivity index (χ0) is 8.97. The number of nitrogens with zero attached hydrogens (tertiary/aromatic N) is 1. The van der Waals surface area contributed by atoms with Crippen LogP contribution in [-0.2, 0) is 4.74 Å². The van der Waals surface area contributed by atoms with Gasteiger partial charge >= 0.3 is 0 Å². The number of nitrogens with two attached hydrogens (primary N) is 1. The van der Waals surface area contributed by atoms with E-state index in [9.17, 15) is 0 Å². The van der Waals surface area contributed by atoms with Crippen LogP contribution in [0, 0.1) is 0 Å². The Hall–Kier alpha value is -0.120. The standard InChI is InChI=1S/C9H20N2O/c1-11(2)4-3-5-12-9-6-8(10)7-9/h8-9H,3-7,10H2,1-2H3. The topological polar surface area (TPSA) is 38.5 Å². The normalized spacial score (nSPS) is 29.0. The highest BCUT2D eigenvalue weighted by atomic mass is 16.5. The summed E-state index contributed by atoms with van der Waals surface area (Å²) in [6, 6.07) is 0.406. The average Bonchev–Trinajstić information content (AvgIpc) is 1.93. The Morgan fingerprint density at radius 2 is 2.08 bits per heavy atom. The van der Waals surface area contributed by atoms with Crippen molar-refractivity contribution in [3.8, 4) is 0 Å². The van der Waals surface area contributed by atoms with Crippen LogP contribution in [0.5, 0.6) is 0 Å². The second-order valence-electron chi connectivity index (χ2n) is 3.88. The fourth-order valence-corrected chi connectivity index (χ4v) is 1.37. The van der Waals surface area contributed by atoms with Gasteiger partial charge in [0.25, 0.3) is 0 Å². The van der Waals surface area contributed by atoms with E-state index in [1.165, 1.54) is 0 Å². The Morgan fingerprint density at radius 3 is 2.58 bits per heavy atom. The van der Waals surface area contributed by atoms with Gasteiger partial charge in [-0.2, -0.15) is 0 Å². The van der Waals surface area contributed by atoms with Crippen molar-refractivity contribution in [2.24, 2.45) is 5.73 Å². The maximum absolute atomic E-state index is 5.63. The second kappa shape index (κ2) is 4.80. The van der Waals surface area contributed by atoms with Gasteiger partial charge in [-0.25, -0.2) is 0 Å². The molecular formula is C9H20N2O. The fourth-order valence-electron chi connectivity index (χ4n) is 1.37. The molecule has 3 heteroatoms. The lowest BCUT2D eigenvalue weighted by Gasteiger charge is -2.32. The van der Waals surface area contributed by atoms with Gasteiger partial charge in [0.1, 0.15) is 0 Å². The van der Waals surface area contributed by atoms with Crippen LogP contribution in [0.25, 0.3) is 0 Å². The van der Waals surface area contributed by atoms with Crippen molar-refractivity contribution < 1.29 is 4.74 Å². The van der Waals surface area contributed by atoms with Crippen molar-refractivity contribution >= 4 is 0 Å². The third-order valence-electron chi connectivity index (χ3n) is 2.23. The van der Waals surface area contributed by atoms with Gasteiger partial charge < -0.3 is 15.4 Å². The van der Waals surface area contributed by atoms with Crippen molar-refractivity contribution in [1.82, 2.24) is 4.90 Å². The molecule has 72 valence electrons. The van der Waals surface area contributed by atoms with E-state index in [1.54, 1.807) is 0 Å². The molecule has 0 atom stereocenters. The third kappa shape index (κ3) is 3.52. The highest BCUT2D eigenvalue weighted by Gasteiger charge is 2.25. The van der Waals surface area contributed by atoms with E-state index in [0.29, 0.717) is 12.1 Å². The number of ether oxygens (including phenoxy) is 1. The molecule has 1 saturated carbocycles. The summed E-state index contributed by atoms with van der Waals surface area (Å²) in [7, 11) is 4.17. The predicted octanol–water partition coefficient (Wildman–Crippen LogP) is 0.444. The molecule has 0 amide bonds. The zero-order valence-electron chi connectivity index (χ0n) is 8.12.